The third kappa shape index (κ3) is 5.05. The molecule has 2 aliphatic heterocycles. The first-order chi connectivity index (χ1) is 18.3. The molecule has 0 unspecified atom stereocenters. The molecule has 1 aromatic carbocycles. The Kier molecular flexibility index (Phi) is 6.80. The van der Waals surface area contributed by atoms with Crippen LogP contribution in [-0.4, -0.2) is 52.3 Å². The van der Waals surface area contributed by atoms with Gasteiger partial charge in [0, 0.05) is 43.9 Å². The summed E-state index contributed by atoms with van der Waals surface area (Å²) >= 11 is 0. The van der Waals surface area contributed by atoms with Crippen LogP contribution in [-0.2, 0) is 16.0 Å². The van der Waals surface area contributed by atoms with Gasteiger partial charge in [-0.1, -0.05) is 25.2 Å². The van der Waals surface area contributed by atoms with Crippen LogP contribution in [0.1, 0.15) is 30.9 Å². The van der Waals surface area contributed by atoms with Crippen LogP contribution >= 0.6 is 0 Å². The number of ether oxygens (including phenoxy) is 2. The summed E-state index contributed by atoms with van der Waals surface area (Å²) in [6.07, 6.45) is 15.3. The molecule has 0 bridgehead atoms. The van der Waals surface area contributed by atoms with Gasteiger partial charge in [-0.15, -0.1) is 0 Å². The molecule has 7 nitrogen and oxygen atoms in total. The molecule has 7 heteroatoms. The zero-order chi connectivity index (χ0) is 25.0. The molecule has 0 radical (unpaired) electrons. The normalized spacial score (nSPS) is 18.6. The predicted octanol–water partition coefficient (Wildman–Crippen LogP) is 5.73. The van der Waals surface area contributed by atoms with Crippen molar-refractivity contribution in [1.82, 2.24) is 19.6 Å². The predicted molar refractivity (Wildman–Crippen MR) is 143 cm³/mol. The molecule has 0 atom stereocenters. The Morgan fingerprint density at radius 3 is 2.49 bits per heavy atom. The first kappa shape index (κ1) is 23.6. The number of aromatic nitrogens is 2. The second-order valence-corrected chi connectivity index (χ2v) is 9.53. The summed E-state index contributed by atoms with van der Waals surface area (Å²) in [6, 6.07) is 12.1. The van der Waals surface area contributed by atoms with Gasteiger partial charge in [-0.05, 0) is 61.4 Å². The minimum Gasteiger partial charge on any atom is -0.465 e. The quantitative estimate of drug-likeness (QED) is 0.416. The number of nitrogens with zero attached hydrogens (tertiary/aromatic N) is 4. The summed E-state index contributed by atoms with van der Waals surface area (Å²) in [5.74, 6) is 2.28. The van der Waals surface area contributed by atoms with E-state index in [4.69, 9.17) is 19.0 Å². The molecule has 4 heterocycles. The van der Waals surface area contributed by atoms with Gasteiger partial charge in [-0.3, -0.25) is 4.90 Å². The van der Waals surface area contributed by atoms with E-state index in [0.717, 1.165) is 86.1 Å². The Bertz CT molecular complexity index is 1340. The van der Waals surface area contributed by atoms with E-state index in [0.29, 0.717) is 5.76 Å². The van der Waals surface area contributed by atoms with Crippen LogP contribution in [0.2, 0.25) is 0 Å². The molecule has 0 spiro atoms. The Labute approximate surface area is 217 Å². The number of hydrogen-bond acceptors (Lipinski definition) is 6. The Morgan fingerprint density at radius 1 is 0.946 bits per heavy atom. The largest absolute Gasteiger partial charge is 0.465 e. The third-order valence-corrected chi connectivity index (χ3v) is 7.20. The van der Waals surface area contributed by atoms with E-state index in [1.165, 1.54) is 5.56 Å². The average molecular weight is 497 g/mol. The van der Waals surface area contributed by atoms with Gasteiger partial charge < -0.3 is 18.8 Å². The molecule has 2 aromatic heterocycles. The molecule has 3 aromatic rings. The highest BCUT2D eigenvalue weighted by Gasteiger charge is 2.22. The van der Waals surface area contributed by atoms with E-state index in [-0.39, 0.29) is 0 Å². The summed E-state index contributed by atoms with van der Waals surface area (Å²) in [7, 11) is 0. The number of likely N-dealkylation sites (N-methyl/N-ethyl adjacent to an activating group) is 1. The summed E-state index contributed by atoms with van der Waals surface area (Å²) in [6.45, 7) is 8.53. The van der Waals surface area contributed by atoms with Crippen LogP contribution in [0.3, 0.4) is 0 Å². The van der Waals surface area contributed by atoms with Gasteiger partial charge in [0.1, 0.15) is 18.2 Å². The van der Waals surface area contributed by atoms with E-state index >= 15 is 0 Å². The SMILES string of the molecule is CCN1CCN(Cc2cnn(-c3ccc(C4=COC=C(C5=CC=CCC5)O4)cc3)c2-c2ccco2)CC1. The fourth-order valence-electron chi connectivity index (χ4n) is 5.04. The number of furan rings is 1. The van der Waals surface area contributed by atoms with Crippen molar-refractivity contribution in [3.8, 4) is 17.1 Å². The molecular weight excluding hydrogens is 464 g/mol. The standard InChI is InChI=1S/C30H32N4O3/c1-2-32-14-16-33(17-15-32)20-25-19-31-34(30(25)27-9-6-18-36-27)26-12-10-24(11-13-26)29-22-35-21-28(37-29)23-7-4-3-5-8-23/h3-4,6-7,9-13,18-19,21-22H,2,5,8,14-17,20H2,1H3. The van der Waals surface area contributed by atoms with Gasteiger partial charge >= 0.3 is 0 Å². The number of rotatable bonds is 7. The van der Waals surface area contributed by atoms with Gasteiger partial charge in [-0.2, -0.15) is 5.10 Å². The molecule has 190 valence electrons. The second-order valence-electron chi connectivity index (χ2n) is 9.53. The van der Waals surface area contributed by atoms with E-state index in [9.17, 15) is 0 Å². The van der Waals surface area contributed by atoms with Gasteiger partial charge in [-0.25, -0.2) is 4.68 Å². The number of benzene rings is 1. The van der Waals surface area contributed by atoms with Crippen LogP contribution in [0, 0.1) is 0 Å². The molecule has 37 heavy (non-hydrogen) atoms. The van der Waals surface area contributed by atoms with E-state index in [1.54, 1.807) is 18.8 Å². The Morgan fingerprint density at radius 2 is 1.76 bits per heavy atom. The summed E-state index contributed by atoms with van der Waals surface area (Å²) in [5.41, 5.74) is 5.22. The summed E-state index contributed by atoms with van der Waals surface area (Å²) < 4.78 is 19.6. The first-order valence-corrected chi connectivity index (χ1v) is 13.0. The fraction of sp³-hybridized carbons (Fsp3) is 0.300. The van der Waals surface area contributed by atoms with Crippen molar-refractivity contribution in [3.05, 3.63) is 102 Å². The van der Waals surface area contributed by atoms with E-state index in [2.05, 4.69) is 47.1 Å². The van der Waals surface area contributed by atoms with E-state index in [1.807, 2.05) is 35.1 Å². The number of allylic oxidation sites excluding steroid dienone is 4. The van der Waals surface area contributed by atoms with Crippen LogP contribution in [0.25, 0.3) is 22.9 Å². The highest BCUT2D eigenvalue weighted by Crippen LogP contribution is 2.32. The lowest BCUT2D eigenvalue weighted by atomic mass is 10.0. The van der Waals surface area contributed by atoms with Crippen LogP contribution in [0.5, 0.6) is 0 Å². The molecule has 1 saturated heterocycles. The van der Waals surface area contributed by atoms with Gasteiger partial charge in [0.2, 0.25) is 0 Å². The monoisotopic (exact) mass is 496 g/mol. The lowest BCUT2D eigenvalue weighted by Crippen LogP contribution is -2.45. The second kappa shape index (κ2) is 10.7. The molecule has 3 aliphatic rings. The Hall–Kier alpha value is -3.81. The maximum absolute atomic E-state index is 6.19. The van der Waals surface area contributed by atoms with Crippen LogP contribution < -0.4 is 0 Å². The first-order valence-electron chi connectivity index (χ1n) is 13.0. The van der Waals surface area contributed by atoms with Gasteiger partial charge in [0.25, 0.3) is 0 Å². The molecule has 0 amide bonds. The maximum Gasteiger partial charge on any atom is 0.169 e. The third-order valence-electron chi connectivity index (χ3n) is 7.20. The van der Waals surface area contributed by atoms with Crippen molar-refractivity contribution < 1.29 is 13.9 Å². The molecule has 0 saturated carbocycles. The van der Waals surface area contributed by atoms with Crippen molar-refractivity contribution in [2.75, 3.05) is 32.7 Å². The van der Waals surface area contributed by atoms with Crippen molar-refractivity contribution in [2.45, 2.75) is 26.3 Å². The van der Waals surface area contributed by atoms with E-state index < -0.39 is 0 Å². The summed E-state index contributed by atoms with van der Waals surface area (Å²) in [5, 5.41) is 4.78. The lowest BCUT2D eigenvalue weighted by molar-refractivity contribution is 0.132. The molecule has 1 aliphatic carbocycles. The zero-order valence-corrected chi connectivity index (χ0v) is 21.2. The van der Waals surface area contributed by atoms with Crippen molar-refractivity contribution in [2.24, 2.45) is 0 Å². The molecule has 1 fully saturated rings. The summed E-state index contributed by atoms with van der Waals surface area (Å²) in [4.78, 5) is 4.99. The lowest BCUT2D eigenvalue weighted by Gasteiger charge is -2.33. The fourth-order valence-corrected chi connectivity index (χ4v) is 5.04. The number of hydrogen-bond donors (Lipinski definition) is 0. The van der Waals surface area contributed by atoms with Crippen molar-refractivity contribution in [3.63, 3.8) is 0 Å². The zero-order valence-electron chi connectivity index (χ0n) is 21.2. The Balaban J connectivity index is 1.22. The van der Waals surface area contributed by atoms with Crippen LogP contribution in [0.4, 0.5) is 0 Å². The topological polar surface area (TPSA) is 55.9 Å². The highest BCUT2D eigenvalue weighted by molar-refractivity contribution is 5.64. The average Bonchev–Trinajstić information content (AvgIpc) is 3.64. The minimum atomic E-state index is 0.693. The van der Waals surface area contributed by atoms with Gasteiger partial charge in [0.05, 0.1) is 18.1 Å². The van der Waals surface area contributed by atoms with Gasteiger partial charge in [0.15, 0.2) is 17.3 Å². The van der Waals surface area contributed by atoms with Crippen LogP contribution in [0.15, 0.2) is 95.4 Å². The molecule has 0 N–H and O–H groups in total. The smallest absolute Gasteiger partial charge is 0.169 e. The minimum absolute atomic E-state index is 0.693. The highest BCUT2D eigenvalue weighted by atomic mass is 16.5. The van der Waals surface area contributed by atoms with Crippen molar-refractivity contribution in [1.29, 1.82) is 0 Å². The number of piperazine rings is 1. The maximum atomic E-state index is 6.19. The molecular formula is C30H32N4O3. The van der Waals surface area contributed by atoms with Crippen molar-refractivity contribution >= 4 is 5.76 Å². The molecule has 6 rings (SSSR count).